The molecule has 1 aliphatic carbocycles. The summed E-state index contributed by atoms with van der Waals surface area (Å²) < 4.78 is 0. The van der Waals surface area contributed by atoms with Gasteiger partial charge in [-0.1, -0.05) is 103 Å². The summed E-state index contributed by atoms with van der Waals surface area (Å²) in [6, 6.07) is 30.6. The second-order valence-corrected chi connectivity index (χ2v) is 8.79. The van der Waals surface area contributed by atoms with Crippen molar-refractivity contribution in [2.24, 2.45) is 5.92 Å². The Kier molecular flexibility index (Phi) is 7.13. The van der Waals surface area contributed by atoms with Gasteiger partial charge in [0.15, 0.2) is 0 Å². The van der Waals surface area contributed by atoms with Crippen LogP contribution in [-0.2, 0) is 9.75 Å². The molecular formula is C25H24Cl3P. The summed E-state index contributed by atoms with van der Waals surface area (Å²) in [5.41, 5.74) is 3.15. The highest BCUT2D eigenvalue weighted by molar-refractivity contribution is 6.92. The van der Waals surface area contributed by atoms with Crippen molar-refractivity contribution in [2.75, 3.05) is 5.88 Å². The topological polar surface area (TPSA) is 0 Å². The quantitative estimate of drug-likeness (QED) is 0.214. The van der Waals surface area contributed by atoms with Gasteiger partial charge in [0.1, 0.15) is 0 Å². The molecule has 0 amide bonds. The molecule has 0 aromatic heterocycles. The van der Waals surface area contributed by atoms with Crippen LogP contribution in [0.15, 0.2) is 103 Å². The summed E-state index contributed by atoms with van der Waals surface area (Å²) in [7, 11) is 0. The Morgan fingerprint density at radius 3 is 1.69 bits per heavy atom. The largest absolute Gasteiger partial charge is 0.153 e. The van der Waals surface area contributed by atoms with Gasteiger partial charge < -0.3 is 0 Å². The van der Waals surface area contributed by atoms with Crippen LogP contribution in [0.4, 0.5) is 0 Å². The highest BCUT2D eigenvalue weighted by Gasteiger charge is 2.56. The lowest BCUT2D eigenvalue weighted by atomic mass is 9.62. The van der Waals surface area contributed by atoms with Gasteiger partial charge >= 0.3 is 0 Å². The first-order chi connectivity index (χ1) is 13.6. The Hall–Kier alpha value is -1.30. The molecule has 0 nitrogen and oxygen atoms in total. The molecule has 0 saturated heterocycles. The number of halogens is 3. The van der Waals surface area contributed by atoms with Crippen LogP contribution in [0.2, 0.25) is 0 Å². The molecule has 0 fully saturated rings. The maximum Gasteiger partial charge on any atom is 0.0964 e. The summed E-state index contributed by atoms with van der Waals surface area (Å²) in [5.74, 6) is 0.155. The van der Waals surface area contributed by atoms with Crippen molar-refractivity contribution in [1.29, 1.82) is 0 Å². The third-order valence-electron chi connectivity index (χ3n) is 5.68. The Bertz CT molecular complexity index is 946. The van der Waals surface area contributed by atoms with Crippen LogP contribution >= 0.6 is 44.7 Å². The molecule has 29 heavy (non-hydrogen) atoms. The van der Waals surface area contributed by atoms with Gasteiger partial charge in [0, 0.05) is 17.7 Å². The molecule has 0 spiro atoms. The normalized spacial score (nSPS) is 28.5. The first-order valence-electron chi connectivity index (χ1n) is 9.40. The smallest absolute Gasteiger partial charge is 0.0964 e. The van der Waals surface area contributed by atoms with Gasteiger partial charge in [-0.2, -0.15) is 9.90 Å². The maximum atomic E-state index is 7.58. The predicted octanol–water partition coefficient (Wildman–Crippen LogP) is 7.52. The van der Waals surface area contributed by atoms with E-state index in [0.717, 1.165) is 16.7 Å². The van der Waals surface area contributed by atoms with E-state index in [1.54, 1.807) is 0 Å². The zero-order valence-electron chi connectivity index (χ0n) is 16.0. The fourth-order valence-corrected chi connectivity index (χ4v) is 5.89. The fraction of sp³-hybridized carbons (Fsp3) is 0.200. The molecule has 0 saturated carbocycles. The second-order valence-electron chi connectivity index (χ2n) is 7.23. The lowest BCUT2D eigenvalue weighted by molar-refractivity contribution is 0.329. The van der Waals surface area contributed by atoms with Crippen LogP contribution in [0.3, 0.4) is 0 Å². The van der Waals surface area contributed by atoms with E-state index < -0.39 is 9.75 Å². The van der Waals surface area contributed by atoms with Crippen LogP contribution in [-0.4, -0.2) is 5.88 Å². The molecule has 0 aliphatic heterocycles. The van der Waals surface area contributed by atoms with E-state index in [1.807, 2.05) is 54.6 Å². The first-order valence-corrected chi connectivity index (χ1v) is 10.7. The van der Waals surface area contributed by atoms with Crippen LogP contribution in [0.5, 0.6) is 0 Å². The van der Waals surface area contributed by atoms with Crippen LogP contribution in [0, 0.1) is 5.92 Å². The van der Waals surface area contributed by atoms with Gasteiger partial charge in [0.25, 0.3) is 0 Å². The number of benzene rings is 3. The summed E-state index contributed by atoms with van der Waals surface area (Å²) >= 11 is 21.5. The molecule has 5 atom stereocenters. The molecule has 0 heterocycles. The fourth-order valence-electron chi connectivity index (χ4n) is 4.34. The van der Waals surface area contributed by atoms with Gasteiger partial charge in [0.2, 0.25) is 0 Å². The van der Waals surface area contributed by atoms with Gasteiger partial charge in [-0.15, -0.1) is 34.8 Å². The Morgan fingerprint density at radius 2 is 1.17 bits per heavy atom. The molecule has 4 rings (SSSR count). The van der Waals surface area contributed by atoms with E-state index in [0.29, 0.717) is 5.88 Å². The summed E-state index contributed by atoms with van der Waals surface area (Å²) in [5, 5.41) is 0. The van der Waals surface area contributed by atoms with E-state index >= 15 is 0 Å². The first kappa shape index (κ1) is 22.4. The monoisotopic (exact) mass is 460 g/mol. The van der Waals surface area contributed by atoms with Crippen molar-refractivity contribution >= 4 is 44.7 Å². The summed E-state index contributed by atoms with van der Waals surface area (Å²) in [6.07, 6.45) is 4.17. The summed E-state index contributed by atoms with van der Waals surface area (Å²) in [6.45, 7) is 0. The molecule has 4 heteroatoms. The average Bonchev–Trinajstić information content (AvgIpc) is 2.76. The predicted molar refractivity (Wildman–Crippen MR) is 132 cm³/mol. The maximum absolute atomic E-state index is 7.58. The molecule has 150 valence electrons. The van der Waals surface area contributed by atoms with Crippen LogP contribution in [0.25, 0.3) is 0 Å². The minimum atomic E-state index is -0.789. The molecule has 0 bridgehead atoms. The molecule has 5 unspecified atom stereocenters. The lowest BCUT2D eigenvalue weighted by Crippen LogP contribution is -2.47. The van der Waals surface area contributed by atoms with Gasteiger partial charge in [-0.3, -0.25) is 0 Å². The number of rotatable bonds is 4. The van der Waals surface area contributed by atoms with Crippen molar-refractivity contribution in [3.63, 3.8) is 0 Å². The van der Waals surface area contributed by atoms with E-state index in [9.17, 15) is 0 Å². The van der Waals surface area contributed by atoms with Crippen LogP contribution < -0.4 is 0 Å². The van der Waals surface area contributed by atoms with Crippen LogP contribution in [0.1, 0.15) is 22.6 Å². The number of allylic oxidation sites excluding steroid dienone is 2. The molecule has 0 N–H and O–H groups in total. The highest BCUT2D eigenvalue weighted by Crippen LogP contribution is 2.62. The standard InChI is InChI=1S/C25H21Cl3.H3P/c26-18-22-16-17-24(27,20-12-6-2-7-13-20)23(19-10-4-1-5-11-19)25(22,28)21-14-8-3-9-15-21;/h1-17,22-23H,18H2;1H3. The average molecular weight is 462 g/mol. The molecule has 3 aromatic carbocycles. The van der Waals surface area contributed by atoms with Crippen molar-refractivity contribution < 1.29 is 0 Å². The SMILES string of the molecule is ClCC1C=CC(Cl)(c2ccccc2)C(c2ccccc2)C1(Cl)c1ccccc1.P. The number of hydrogen-bond acceptors (Lipinski definition) is 0. The third-order valence-corrected chi connectivity index (χ3v) is 7.29. The zero-order chi connectivity index (χ0) is 19.6. The van der Waals surface area contributed by atoms with E-state index in [2.05, 4.69) is 48.6 Å². The lowest BCUT2D eigenvalue weighted by Gasteiger charge is -2.50. The van der Waals surface area contributed by atoms with Crippen molar-refractivity contribution in [2.45, 2.75) is 15.7 Å². The minimum absolute atomic E-state index is 0. The third kappa shape index (κ3) is 3.89. The highest BCUT2D eigenvalue weighted by atomic mass is 35.5. The second kappa shape index (κ2) is 9.23. The molecule has 3 aromatic rings. The number of alkyl halides is 3. The Morgan fingerprint density at radius 1 is 0.690 bits per heavy atom. The number of hydrogen-bond donors (Lipinski definition) is 0. The van der Waals surface area contributed by atoms with E-state index in [4.69, 9.17) is 34.8 Å². The van der Waals surface area contributed by atoms with Gasteiger partial charge in [0.05, 0.1) is 9.75 Å². The van der Waals surface area contributed by atoms with Crippen molar-refractivity contribution in [3.8, 4) is 0 Å². The van der Waals surface area contributed by atoms with Gasteiger partial charge in [-0.25, -0.2) is 0 Å². The summed E-state index contributed by atoms with van der Waals surface area (Å²) in [4.78, 5) is -1.57. The Balaban J connectivity index is 0.00000240. The molecular weight excluding hydrogens is 438 g/mol. The zero-order valence-corrected chi connectivity index (χ0v) is 19.7. The van der Waals surface area contributed by atoms with E-state index in [1.165, 1.54) is 0 Å². The molecule has 1 aliphatic rings. The van der Waals surface area contributed by atoms with E-state index in [-0.39, 0.29) is 21.7 Å². The van der Waals surface area contributed by atoms with Crippen molar-refractivity contribution in [3.05, 3.63) is 120 Å². The Labute approximate surface area is 191 Å². The molecule has 0 radical (unpaired) electrons. The minimum Gasteiger partial charge on any atom is -0.153 e. The van der Waals surface area contributed by atoms with Gasteiger partial charge in [-0.05, 0) is 16.7 Å². The van der Waals surface area contributed by atoms with Crippen molar-refractivity contribution in [1.82, 2.24) is 0 Å².